The number of aryl methyl sites for hydroxylation is 1. The molecule has 3 aliphatic rings. The molecular weight excluding hydrogens is 350 g/mol. The Bertz CT molecular complexity index is 681. The Morgan fingerprint density at radius 1 is 1.23 bits per heavy atom. The van der Waals surface area contributed by atoms with E-state index in [1.165, 1.54) is 11.1 Å². The van der Waals surface area contributed by atoms with Crippen molar-refractivity contribution in [1.29, 1.82) is 0 Å². The molecule has 1 aromatic carbocycles. The summed E-state index contributed by atoms with van der Waals surface area (Å²) in [6, 6.07) is 8.60. The molecule has 1 N–H and O–H groups in total. The number of halogens is 1. The number of hydrogen-bond donors (Lipinski definition) is 1. The van der Waals surface area contributed by atoms with E-state index in [1.807, 2.05) is 9.80 Å². The highest BCUT2D eigenvalue weighted by Gasteiger charge is 2.47. The number of rotatable bonds is 3. The topological polar surface area (TPSA) is 52.7 Å². The fourth-order valence-corrected chi connectivity index (χ4v) is 4.47. The number of nitrogens with zero attached hydrogens (tertiary/aromatic N) is 2. The van der Waals surface area contributed by atoms with Gasteiger partial charge in [0.2, 0.25) is 11.8 Å². The number of carbonyl (C=O) groups excluding carboxylic acids is 2. The van der Waals surface area contributed by atoms with E-state index in [-0.39, 0.29) is 30.3 Å². The Morgan fingerprint density at radius 2 is 2.04 bits per heavy atom. The summed E-state index contributed by atoms with van der Waals surface area (Å²) in [7, 11) is 0. The Labute approximate surface area is 161 Å². The average Bonchev–Trinajstić information content (AvgIpc) is 3.42. The summed E-state index contributed by atoms with van der Waals surface area (Å²) in [4.78, 5) is 29.1. The molecule has 5 nitrogen and oxygen atoms in total. The van der Waals surface area contributed by atoms with Gasteiger partial charge in [-0.25, -0.2) is 0 Å². The van der Waals surface area contributed by atoms with Gasteiger partial charge in [-0.05, 0) is 43.2 Å². The van der Waals surface area contributed by atoms with Gasteiger partial charge in [-0.1, -0.05) is 24.3 Å². The average molecular weight is 378 g/mol. The normalized spacial score (nSPS) is 28.5. The first kappa shape index (κ1) is 19.2. The van der Waals surface area contributed by atoms with Gasteiger partial charge in [0.25, 0.3) is 0 Å². The number of piperidine rings is 1. The fourth-order valence-electron chi connectivity index (χ4n) is 4.47. The fraction of sp³-hybridized carbons (Fsp3) is 0.600. The molecule has 0 spiro atoms. The van der Waals surface area contributed by atoms with E-state index in [2.05, 4.69) is 36.5 Å². The zero-order valence-electron chi connectivity index (χ0n) is 15.3. The second-order valence-corrected chi connectivity index (χ2v) is 7.65. The van der Waals surface area contributed by atoms with Crippen LogP contribution in [0, 0.1) is 12.8 Å². The molecule has 26 heavy (non-hydrogen) atoms. The third-order valence-electron chi connectivity index (χ3n) is 5.97. The first-order chi connectivity index (χ1) is 12.1. The molecule has 2 amide bonds. The minimum absolute atomic E-state index is 0. The summed E-state index contributed by atoms with van der Waals surface area (Å²) in [5.41, 5.74) is 2.61. The zero-order chi connectivity index (χ0) is 17.4. The summed E-state index contributed by atoms with van der Waals surface area (Å²) in [6.07, 6.45) is 2.98. The van der Waals surface area contributed by atoms with Crippen LogP contribution in [0.3, 0.4) is 0 Å². The van der Waals surface area contributed by atoms with Gasteiger partial charge in [0.05, 0.1) is 6.54 Å². The molecule has 1 aliphatic carbocycles. The first-order valence-electron chi connectivity index (χ1n) is 9.49. The van der Waals surface area contributed by atoms with Crippen LogP contribution in [-0.4, -0.2) is 60.4 Å². The summed E-state index contributed by atoms with van der Waals surface area (Å²) in [5, 5.41) is 3.12. The maximum atomic E-state index is 13.0. The predicted octanol–water partition coefficient (Wildman–Crippen LogP) is 1.94. The van der Waals surface area contributed by atoms with Gasteiger partial charge in [0, 0.05) is 38.1 Å². The van der Waals surface area contributed by atoms with Crippen molar-refractivity contribution in [3.8, 4) is 0 Å². The molecule has 3 unspecified atom stereocenters. The quantitative estimate of drug-likeness (QED) is 0.875. The standard InChI is InChI=1S/C20H27N3O2.ClH/c1-14-5-2-3-7-16(14)17-11-18(17)20(25)22-9-4-6-15(13-22)23-10-8-21-12-19(23)24;/h2-3,5,7,15,17-18,21H,4,6,8-13H2,1H3;1H. The molecule has 4 rings (SSSR count). The lowest BCUT2D eigenvalue weighted by molar-refractivity contribution is -0.141. The highest BCUT2D eigenvalue weighted by molar-refractivity contribution is 5.85. The SMILES string of the molecule is Cc1ccccc1C1CC1C(=O)N1CCCC(N2CCNCC2=O)C1.Cl. The second kappa shape index (κ2) is 7.97. The van der Waals surface area contributed by atoms with Crippen LogP contribution in [0.5, 0.6) is 0 Å². The van der Waals surface area contributed by atoms with Gasteiger partial charge in [-0.3, -0.25) is 9.59 Å². The smallest absolute Gasteiger partial charge is 0.236 e. The molecule has 6 heteroatoms. The molecule has 1 saturated carbocycles. The Balaban J connectivity index is 0.00000196. The van der Waals surface area contributed by atoms with E-state index in [4.69, 9.17) is 0 Å². The molecule has 0 aromatic heterocycles. The van der Waals surface area contributed by atoms with Gasteiger partial charge >= 0.3 is 0 Å². The molecule has 2 heterocycles. The van der Waals surface area contributed by atoms with E-state index in [0.29, 0.717) is 24.9 Å². The van der Waals surface area contributed by atoms with Crippen molar-refractivity contribution in [2.24, 2.45) is 5.92 Å². The molecule has 0 radical (unpaired) electrons. The van der Waals surface area contributed by atoms with Crippen LogP contribution < -0.4 is 5.32 Å². The number of benzene rings is 1. The number of amides is 2. The number of piperazine rings is 1. The van der Waals surface area contributed by atoms with Gasteiger partial charge in [-0.2, -0.15) is 0 Å². The summed E-state index contributed by atoms with van der Waals surface area (Å²) in [5.74, 6) is 0.990. The van der Waals surface area contributed by atoms with E-state index < -0.39 is 0 Å². The van der Waals surface area contributed by atoms with Crippen LogP contribution in [0.25, 0.3) is 0 Å². The lowest BCUT2D eigenvalue weighted by Crippen LogP contribution is -2.57. The van der Waals surface area contributed by atoms with E-state index >= 15 is 0 Å². The van der Waals surface area contributed by atoms with Crippen molar-refractivity contribution in [1.82, 2.24) is 15.1 Å². The van der Waals surface area contributed by atoms with Crippen molar-refractivity contribution in [2.45, 2.75) is 38.1 Å². The first-order valence-corrected chi connectivity index (χ1v) is 9.49. The summed E-state index contributed by atoms with van der Waals surface area (Å²) < 4.78 is 0. The number of carbonyl (C=O) groups is 2. The Hall–Kier alpha value is -1.59. The summed E-state index contributed by atoms with van der Waals surface area (Å²) in [6.45, 7) is 5.73. The zero-order valence-corrected chi connectivity index (χ0v) is 16.1. The molecule has 2 aliphatic heterocycles. The third kappa shape index (κ3) is 3.74. The highest BCUT2D eigenvalue weighted by Crippen LogP contribution is 2.49. The van der Waals surface area contributed by atoms with Crippen LogP contribution in [0.4, 0.5) is 0 Å². The molecular formula is C20H28ClN3O2. The number of nitrogens with one attached hydrogen (secondary N) is 1. The maximum Gasteiger partial charge on any atom is 0.236 e. The third-order valence-corrected chi connectivity index (χ3v) is 5.97. The van der Waals surface area contributed by atoms with E-state index in [0.717, 1.165) is 38.9 Å². The maximum absolute atomic E-state index is 13.0. The minimum atomic E-state index is 0. The molecule has 1 aromatic rings. The second-order valence-electron chi connectivity index (χ2n) is 7.65. The lowest BCUT2D eigenvalue weighted by atomic mass is 10.0. The van der Waals surface area contributed by atoms with Crippen molar-refractivity contribution in [2.75, 3.05) is 32.7 Å². The summed E-state index contributed by atoms with van der Waals surface area (Å²) >= 11 is 0. The monoisotopic (exact) mass is 377 g/mol. The minimum Gasteiger partial charge on any atom is -0.340 e. The number of likely N-dealkylation sites (tertiary alicyclic amines) is 1. The van der Waals surface area contributed by atoms with Crippen molar-refractivity contribution in [3.63, 3.8) is 0 Å². The van der Waals surface area contributed by atoms with Crippen LogP contribution in [0.1, 0.15) is 36.3 Å². The van der Waals surface area contributed by atoms with Crippen LogP contribution in [-0.2, 0) is 9.59 Å². The Kier molecular flexibility index (Phi) is 5.88. The highest BCUT2D eigenvalue weighted by atomic mass is 35.5. The van der Waals surface area contributed by atoms with Gasteiger partial charge in [0.1, 0.15) is 0 Å². The molecule has 3 atom stereocenters. The van der Waals surface area contributed by atoms with Crippen LogP contribution in [0.2, 0.25) is 0 Å². The van der Waals surface area contributed by atoms with Gasteiger partial charge in [0.15, 0.2) is 0 Å². The molecule has 3 fully saturated rings. The van der Waals surface area contributed by atoms with Gasteiger partial charge in [-0.15, -0.1) is 12.4 Å². The largest absolute Gasteiger partial charge is 0.340 e. The van der Waals surface area contributed by atoms with Crippen LogP contribution in [0.15, 0.2) is 24.3 Å². The van der Waals surface area contributed by atoms with E-state index in [9.17, 15) is 9.59 Å². The Morgan fingerprint density at radius 3 is 2.81 bits per heavy atom. The molecule has 0 bridgehead atoms. The predicted molar refractivity (Wildman–Crippen MR) is 103 cm³/mol. The molecule has 2 saturated heterocycles. The van der Waals surface area contributed by atoms with Crippen molar-refractivity contribution < 1.29 is 9.59 Å². The van der Waals surface area contributed by atoms with E-state index in [1.54, 1.807) is 0 Å². The van der Waals surface area contributed by atoms with Gasteiger partial charge < -0.3 is 15.1 Å². The molecule has 142 valence electrons. The van der Waals surface area contributed by atoms with Crippen LogP contribution >= 0.6 is 12.4 Å². The van der Waals surface area contributed by atoms with Crippen molar-refractivity contribution in [3.05, 3.63) is 35.4 Å². The van der Waals surface area contributed by atoms with Crippen molar-refractivity contribution >= 4 is 24.2 Å². The lowest BCUT2D eigenvalue weighted by Gasteiger charge is -2.41. The number of hydrogen-bond acceptors (Lipinski definition) is 3.